The minimum atomic E-state index is -0.613. The first-order valence-electron chi connectivity index (χ1n) is 6.56. The van der Waals surface area contributed by atoms with E-state index in [-0.39, 0.29) is 18.1 Å². The number of esters is 1. The minimum Gasteiger partial charge on any atom is -0.456 e. The van der Waals surface area contributed by atoms with E-state index in [0.717, 1.165) is 11.3 Å². The number of nitrogens with two attached hydrogens (primary N) is 1. The van der Waals surface area contributed by atoms with Gasteiger partial charge in [0.25, 0.3) is 0 Å². The minimum absolute atomic E-state index is 0.0120. The van der Waals surface area contributed by atoms with E-state index in [9.17, 15) is 4.79 Å². The third kappa shape index (κ3) is 2.93. The highest BCUT2D eigenvalue weighted by atomic mass is 16.5. The Morgan fingerprint density at radius 2 is 1.95 bits per heavy atom. The van der Waals surface area contributed by atoms with E-state index in [0.29, 0.717) is 0 Å². The van der Waals surface area contributed by atoms with Gasteiger partial charge in [0, 0.05) is 24.2 Å². The molecule has 0 saturated heterocycles. The zero-order valence-corrected chi connectivity index (χ0v) is 11.6. The Balaban J connectivity index is 1.67. The molecule has 2 N–H and O–H groups in total. The van der Waals surface area contributed by atoms with E-state index >= 15 is 0 Å². The van der Waals surface area contributed by atoms with Crippen LogP contribution in [0.4, 0.5) is 5.82 Å². The van der Waals surface area contributed by atoms with Crippen LogP contribution < -0.4 is 5.73 Å². The predicted molar refractivity (Wildman–Crippen MR) is 79.1 cm³/mol. The van der Waals surface area contributed by atoms with Crippen molar-refractivity contribution < 1.29 is 9.53 Å². The Bertz CT molecular complexity index is 785. The third-order valence-electron chi connectivity index (χ3n) is 2.95. The summed E-state index contributed by atoms with van der Waals surface area (Å²) in [5.74, 6) is -0.564. The molecule has 110 valence electrons. The number of carbonyl (C=O) groups excluding carboxylic acids is 1. The second-order valence-electron chi connectivity index (χ2n) is 4.50. The lowest BCUT2D eigenvalue weighted by Gasteiger charge is -2.03. The van der Waals surface area contributed by atoms with Crippen LogP contribution in [0.1, 0.15) is 16.1 Å². The lowest BCUT2D eigenvalue weighted by Crippen LogP contribution is -2.11. The SMILES string of the molecule is Nc1nccnc1C(=O)OCc1cnn(-c2ccccc2)c1. The Morgan fingerprint density at radius 3 is 2.73 bits per heavy atom. The first-order valence-corrected chi connectivity index (χ1v) is 6.56. The molecule has 0 amide bonds. The van der Waals surface area contributed by atoms with Gasteiger partial charge in [-0.05, 0) is 12.1 Å². The van der Waals surface area contributed by atoms with Gasteiger partial charge >= 0.3 is 5.97 Å². The van der Waals surface area contributed by atoms with Gasteiger partial charge in [0.05, 0.1) is 11.9 Å². The maximum Gasteiger partial charge on any atom is 0.361 e. The molecule has 0 aliphatic rings. The number of benzene rings is 1. The molecule has 7 nitrogen and oxygen atoms in total. The fourth-order valence-electron chi connectivity index (χ4n) is 1.88. The molecule has 0 unspecified atom stereocenters. The number of nitrogens with zero attached hydrogens (tertiary/aromatic N) is 4. The van der Waals surface area contributed by atoms with Crippen molar-refractivity contribution in [3.8, 4) is 5.69 Å². The van der Waals surface area contributed by atoms with Crippen LogP contribution in [0.25, 0.3) is 5.69 Å². The largest absolute Gasteiger partial charge is 0.456 e. The van der Waals surface area contributed by atoms with Crippen LogP contribution in [0.3, 0.4) is 0 Å². The number of aromatic nitrogens is 4. The molecule has 22 heavy (non-hydrogen) atoms. The van der Waals surface area contributed by atoms with E-state index in [1.54, 1.807) is 17.1 Å². The number of carbonyl (C=O) groups is 1. The summed E-state index contributed by atoms with van der Waals surface area (Å²) in [4.78, 5) is 19.5. The molecule has 2 heterocycles. The molecule has 2 aromatic heterocycles. The van der Waals surface area contributed by atoms with Crippen molar-refractivity contribution in [3.05, 3.63) is 66.4 Å². The maximum absolute atomic E-state index is 11.9. The van der Waals surface area contributed by atoms with Crippen LogP contribution in [0.15, 0.2) is 55.1 Å². The Morgan fingerprint density at radius 1 is 1.18 bits per heavy atom. The number of hydrogen-bond acceptors (Lipinski definition) is 6. The molecule has 0 atom stereocenters. The molecule has 1 aromatic carbocycles. The highest BCUT2D eigenvalue weighted by molar-refractivity contribution is 5.91. The third-order valence-corrected chi connectivity index (χ3v) is 2.95. The van der Waals surface area contributed by atoms with Crippen LogP contribution in [-0.4, -0.2) is 25.7 Å². The molecule has 0 radical (unpaired) electrons. The summed E-state index contributed by atoms with van der Waals surface area (Å²) >= 11 is 0. The van der Waals surface area contributed by atoms with Gasteiger partial charge in [-0.2, -0.15) is 5.10 Å². The number of hydrogen-bond donors (Lipinski definition) is 1. The van der Waals surface area contributed by atoms with Crippen LogP contribution >= 0.6 is 0 Å². The lowest BCUT2D eigenvalue weighted by molar-refractivity contribution is 0.0466. The fourth-order valence-corrected chi connectivity index (χ4v) is 1.88. The topological polar surface area (TPSA) is 95.9 Å². The van der Waals surface area contributed by atoms with Gasteiger partial charge in [0.15, 0.2) is 11.5 Å². The fraction of sp³-hybridized carbons (Fsp3) is 0.0667. The summed E-state index contributed by atoms with van der Waals surface area (Å²) in [7, 11) is 0. The molecule has 0 bridgehead atoms. The van der Waals surface area contributed by atoms with Crippen molar-refractivity contribution in [1.82, 2.24) is 19.7 Å². The first-order chi connectivity index (χ1) is 10.7. The molecule has 7 heteroatoms. The molecule has 0 fully saturated rings. The van der Waals surface area contributed by atoms with Crippen LogP contribution in [0.5, 0.6) is 0 Å². The van der Waals surface area contributed by atoms with Gasteiger partial charge in [-0.1, -0.05) is 18.2 Å². The lowest BCUT2D eigenvalue weighted by atomic mass is 10.3. The summed E-state index contributed by atoms with van der Waals surface area (Å²) in [6.45, 7) is 0.0850. The number of anilines is 1. The summed E-state index contributed by atoms with van der Waals surface area (Å²) in [6, 6.07) is 9.65. The summed E-state index contributed by atoms with van der Waals surface area (Å²) in [5.41, 5.74) is 7.28. The van der Waals surface area contributed by atoms with Crippen LogP contribution in [0.2, 0.25) is 0 Å². The molecule has 3 aromatic rings. The van der Waals surface area contributed by atoms with Crippen LogP contribution in [-0.2, 0) is 11.3 Å². The van der Waals surface area contributed by atoms with Gasteiger partial charge in [-0.15, -0.1) is 0 Å². The highest BCUT2D eigenvalue weighted by Crippen LogP contribution is 2.10. The Hall–Kier alpha value is -3.22. The van der Waals surface area contributed by atoms with Crippen molar-refractivity contribution in [1.29, 1.82) is 0 Å². The number of para-hydroxylation sites is 1. The van der Waals surface area contributed by atoms with Crippen molar-refractivity contribution in [3.63, 3.8) is 0 Å². The summed E-state index contributed by atoms with van der Waals surface area (Å²) < 4.78 is 6.88. The van der Waals surface area contributed by atoms with Crippen molar-refractivity contribution in [2.24, 2.45) is 0 Å². The second kappa shape index (κ2) is 6.04. The van der Waals surface area contributed by atoms with Crippen molar-refractivity contribution in [2.75, 3.05) is 5.73 Å². The average Bonchev–Trinajstić information content (AvgIpc) is 3.03. The van der Waals surface area contributed by atoms with Gasteiger partial charge in [-0.3, -0.25) is 0 Å². The first kappa shape index (κ1) is 13.7. The summed E-state index contributed by atoms with van der Waals surface area (Å²) in [5, 5.41) is 4.23. The molecule has 0 saturated carbocycles. The van der Waals surface area contributed by atoms with E-state index in [1.165, 1.54) is 12.4 Å². The van der Waals surface area contributed by atoms with Gasteiger partial charge < -0.3 is 10.5 Å². The molecule has 0 aliphatic carbocycles. The highest BCUT2D eigenvalue weighted by Gasteiger charge is 2.14. The molecule has 0 spiro atoms. The van der Waals surface area contributed by atoms with Gasteiger partial charge in [0.2, 0.25) is 0 Å². The number of ether oxygens (including phenoxy) is 1. The van der Waals surface area contributed by atoms with Gasteiger partial charge in [-0.25, -0.2) is 19.4 Å². The Labute approximate surface area is 126 Å². The van der Waals surface area contributed by atoms with E-state index < -0.39 is 5.97 Å². The average molecular weight is 295 g/mol. The maximum atomic E-state index is 11.9. The smallest absolute Gasteiger partial charge is 0.361 e. The van der Waals surface area contributed by atoms with Gasteiger partial charge in [0.1, 0.15) is 6.61 Å². The molecular formula is C15H13N5O2. The quantitative estimate of drug-likeness (QED) is 0.734. The second-order valence-corrected chi connectivity index (χ2v) is 4.50. The normalized spacial score (nSPS) is 10.4. The molecule has 0 aliphatic heterocycles. The standard InChI is InChI=1S/C15H13N5O2/c16-14-13(17-6-7-18-14)15(21)22-10-11-8-19-20(9-11)12-4-2-1-3-5-12/h1-9H,10H2,(H2,16,18). The number of nitrogen functional groups attached to an aromatic ring is 1. The zero-order chi connectivity index (χ0) is 15.4. The van der Waals surface area contributed by atoms with Crippen LogP contribution in [0, 0.1) is 0 Å². The predicted octanol–water partition coefficient (Wildman–Crippen LogP) is 1.60. The Kier molecular flexibility index (Phi) is 3.78. The van der Waals surface area contributed by atoms with Crippen molar-refractivity contribution in [2.45, 2.75) is 6.61 Å². The number of rotatable bonds is 4. The monoisotopic (exact) mass is 295 g/mol. The van der Waals surface area contributed by atoms with Crippen molar-refractivity contribution >= 4 is 11.8 Å². The molecule has 3 rings (SSSR count). The van der Waals surface area contributed by atoms with E-state index in [4.69, 9.17) is 10.5 Å². The summed E-state index contributed by atoms with van der Waals surface area (Å²) in [6.07, 6.45) is 6.24. The zero-order valence-electron chi connectivity index (χ0n) is 11.6. The van der Waals surface area contributed by atoms with E-state index in [1.807, 2.05) is 30.3 Å². The molecular weight excluding hydrogens is 282 g/mol. The van der Waals surface area contributed by atoms with E-state index in [2.05, 4.69) is 15.1 Å².